The SMILES string of the molecule is Cc1ccc([C@H]2CC[C@H]([C@H]3CC[C@H](c4ccc(CCF)cc4)CC3)CC2)cc1. The number of aryl methyl sites for hydroxylation is 2. The van der Waals surface area contributed by atoms with Gasteiger partial charge >= 0.3 is 0 Å². The van der Waals surface area contributed by atoms with Crippen LogP contribution in [-0.4, -0.2) is 6.67 Å². The van der Waals surface area contributed by atoms with E-state index in [9.17, 15) is 4.39 Å². The molecule has 2 aliphatic carbocycles. The summed E-state index contributed by atoms with van der Waals surface area (Å²) in [4.78, 5) is 0. The van der Waals surface area contributed by atoms with Crippen LogP contribution in [0.3, 0.4) is 0 Å². The molecule has 2 aromatic rings. The molecule has 2 aliphatic rings. The molecule has 0 N–H and O–H groups in total. The highest BCUT2D eigenvalue weighted by Crippen LogP contribution is 2.45. The molecule has 0 aromatic heterocycles. The number of hydrogen-bond acceptors (Lipinski definition) is 0. The smallest absolute Gasteiger partial charge is 0.0934 e. The van der Waals surface area contributed by atoms with Gasteiger partial charge in [-0.1, -0.05) is 54.1 Å². The standard InChI is InChI=1S/C27H35F/c1-20-2-6-22(7-3-20)24-10-14-26(15-11-24)27-16-12-25(13-17-27)23-8-4-21(5-9-23)18-19-28/h2-9,24-27H,10-19H2,1H3/t24-,25-,26-,27-. The normalized spacial score (nSPS) is 28.2. The average Bonchev–Trinajstić information content (AvgIpc) is 2.75. The molecular formula is C27H35F. The number of hydrogen-bond donors (Lipinski definition) is 0. The van der Waals surface area contributed by atoms with Crippen molar-refractivity contribution in [2.75, 3.05) is 6.67 Å². The lowest BCUT2D eigenvalue weighted by Gasteiger charge is -2.38. The van der Waals surface area contributed by atoms with Gasteiger partial charge in [-0.3, -0.25) is 4.39 Å². The van der Waals surface area contributed by atoms with E-state index in [-0.39, 0.29) is 6.67 Å². The molecule has 2 saturated carbocycles. The molecule has 0 heterocycles. The van der Waals surface area contributed by atoms with Crippen LogP contribution in [-0.2, 0) is 6.42 Å². The van der Waals surface area contributed by atoms with Crippen LogP contribution in [0, 0.1) is 18.8 Å². The Morgan fingerprint density at radius 2 is 1.07 bits per heavy atom. The topological polar surface area (TPSA) is 0 Å². The number of benzene rings is 2. The molecule has 2 fully saturated rings. The second kappa shape index (κ2) is 9.25. The zero-order chi connectivity index (χ0) is 19.3. The molecule has 0 atom stereocenters. The maximum Gasteiger partial charge on any atom is 0.0934 e. The summed E-state index contributed by atoms with van der Waals surface area (Å²) >= 11 is 0. The van der Waals surface area contributed by atoms with Gasteiger partial charge in [0.25, 0.3) is 0 Å². The van der Waals surface area contributed by atoms with Crippen molar-refractivity contribution < 1.29 is 4.39 Å². The third-order valence-corrected chi connectivity index (χ3v) is 7.59. The lowest BCUT2D eigenvalue weighted by atomic mass is 9.67. The van der Waals surface area contributed by atoms with Crippen molar-refractivity contribution in [3.63, 3.8) is 0 Å². The van der Waals surface area contributed by atoms with E-state index in [0.29, 0.717) is 6.42 Å². The largest absolute Gasteiger partial charge is 0.251 e. The quantitative estimate of drug-likeness (QED) is 0.499. The summed E-state index contributed by atoms with van der Waals surface area (Å²) in [6.45, 7) is 1.92. The first-order chi connectivity index (χ1) is 13.7. The summed E-state index contributed by atoms with van der Waals surface area (Å²) in [6.07, 6.45) is 11.6. The summed E-state index contributed by atoms with van der Waals surface area (Å²) in [5.74, 6) is 3.41. The Morgan fingerprint density at radius 1 is 0.643 bits per heavy atom. The third kappa shape index (κ3) is 4.67. The first-order valence-corrected chi connectivity index (χ1v) is 11.4. The van der Waals surface area contributed by atoms with Crippen molar-refractivity contribution in [1.82, 2.24) is 0 Å². The van der Waals surface area contributed by atoms with Gasteiger partial charge in [0.1, 0.15) is 0 Å². The fraction of sp³-hybridized carbons (Fsp3) is 0.556. The highest BCUT2D eigenvalue weighted by atomic mass is 19.1. The predicted molar refractivity (Wildman–Crippen MR) is 117 cm³/mol. The van der Waals surface area contributed by atoms with E-state index in [4.69, 9.17) is 0 Å². The minimum atomic E-state index is -0.253. The first kappa shape index (κ1) is 19.7. The van der Waals surface area contributed by atoms with Crippen LogP contribution in [0.5, 0.6) is 0 Å². The predicted octanol–water partition coefficient (Wildman–Crippen LogP) is 7.75. The van der Waals surface area contributed by atoms with E-state index in [0.717, 1.165) is 29.2 Å². The Balaban J connectivity index is 1.26. The Morgan fingerprint density at radius 3 is 1.50 bits per heavy atom. The summed E-state index contributed by atoms with van der Waals surface area (Å²) in [5, 5.41) is 0. The van der Waals surface area contributed by atoms with E-state index < -0.39 is 0 Å². The average molecular weight is 379 g/mol. The summed E-state index contributed by atoms with van der Waals surface area (Å²) in [6, 6.07) is 18.0. The second-order valence-electron chi connectivity index (χ2n) is 9.31. The van der Waals surface area contributed by atoms with E-state index >= 15 is 0 Å². The van der Waals surface area contributed by atoms with Gasteiger partial charge in [0.2, 0.25) is 0 Å². The van der Waals surface area contributed by atoms with Crippen molar-refractivity contribution in [2.45, 2.75) is 76.5 Å². The molecule has 4 rings (SSSR count). The van der Waals surface area contributed by atoms with Crippen LogP contribution in [0.15, 0.2) is 48.5 Å². The summed E-state index contributed by atoms with van der Waals surface area (Å²) in [7, 11) is 0. The van der Waals surface area contributed by atoms with Crippen molar-refractivity contribution in [3.8, 4) is 0 Å². The molecule has 28 heavy (non-hydrogen) atoms. The molecule has 2 aromatic carbocycles. The fourth-order valence-corrected chi connectivity index (χ4v) is 5.75. The van der Waals surface area contributed by atoms with Gasteiger partial charge in [-0.2, -0.15) is 0 Å². The Bertz CT molecular complexity index is 714. The number of alkyl halides is 1. The molecule has 0 spiro atoms. The van der Waals surface area contributed by atoms with Crippen LogP contribution in [0.4, 0.5) is 4.39 Å². The van der Waals surface area contributed by atoms with Gasteiger partial charge < -0.3 is 0 Å². The van der Waals surface area contributed by atoms with Gasteiger partial charge in [0.05, 0.1) is 6.67 Å². The summed E-state index contributed by atoms with van der Waals surface area (Å²) in [5.41, 5.74) is 5.53. The fourth-order valence-electron chi connectivity index (χ4n) is 5.75. The van der Waals surface area contributed by atoms with Gasteiger partial charge in [0.15, 0.2) is 0 Å². The van der Waals surface area contributed by atoms with Gasteiger partial charge in [-0.05, 0) is 98.7 Å². The maximum atomic E-state index is 12.5. The molecule has 0 radical (unpaired) electrons. The maximum absolute atomic E-state index is 12.5. The van der Waals surface area contributed by atoms with E-state index in [1.165, 1.54) is 62.5 Å². The molecule has 0 saturated heterocycles. The molecule has 0 aliphatic heterocycles. The lowest BCUT2D eigenvalue weighted by Crippen LogP contribution is -2.25. The Hall–Kier alpha value is -1.63. The zero-order valence-corrected chi connectivity index (χ0v) is 17.4. The molecular weight excluding hydrogens is 343 g/mol. The first-order valence-electron chi connectivity index (χ1n) is 11.4. The van der Waals surface area contributed by atoms with Gasteiger partial charge in [0, 0.05) is 6.42 Å². The van der Waals surface area contributed by atoms with Crippen LogP contribution >= 0.6 is 0 Å². The number of halogens is 1. The molecule has 0 nitrogen and oxygen atoms in total. The molecule has 150 valence electrons. The van der Waals surface area contributed by atoms with Crippen LogP contribution < -0.4 is 0 Å². The van der Waals surface area contributed by atoms with Crippen molar-refractivity contribution in [1.29, 1.82) is 0 Å². The Kier molecular flexibility index (Phi) is 6.50. The molecule has 0 unspecified atom stereocenters. The van der Waals surface area contributed by atoms with Crippen molar-refractivity contribution in [3.05, 3.63) is 70.8 Å². The molecule has 0 amide bonds. The lowest BCUT2D eigenvalue weighted by molar-refractivity contribution is 0.177. The highest BCUT2D eigenvalue weighted by Gasteiger charge is 2.31. The van der Waals surface area contributed by atoms with Crippen molar-refractivity contribution >= 4 is 0 Å². The van der Waals surface area contributed by atoms with Crippen molar-refractivity contribution in [2.24, 2.45) is 11.8 Å². The van der Waals surface area contributed by atoms with Crippen LogP contribution in [0.2, 0.25) is 0 Å². The Labute approximate surface area is 170 Å². The molecule has 1 heteroatoms. The minimum Gasteiger partial charge on any atom is -0.251 e. The van der Waals surface area contributed by atoms with Crippen LogP contribution in [0.25, 0.3) is 0 Å². The van der Waals surface area contributed by atoms with Gasteiger partial charge in [-0.15, -0.1) is 0 Å². The molecule has 0 bridgehead atoms. The monoisotopic (exact) mass is 378 g/mol. The van der Waals surface area contributed by atoms with Crippen LogP contribution in [0.1, 0.15) is 85.5 Å². The van der Waals surface area contributed by atoms with E-state index in [2.05, 4.69) is 55.5 Å². The third-order valence-electron chi connectivity index (χ3n) is 7.59. The highest BCUT2D eigenvalue weighted by molar-refractivity contribution is 5.26. The minimum absolute atomic E-state index is 0.253. The van der Waals surface area contributed by atoms with E-state index in [1.54, 1.807) is 5.56 Å². The second-order valence-corrected chi connectivity index (χ2v) is 9.31. The van der Waals surface area contributed by atoms with E-state index in [1.807, 2.05) is 0 Å². The zero-order valence-electron chi connectivity index (χ0n) is 17.4. The van der Waals surface area contributed by atoms with Gasteiger partial charge in [-0.25, -0.2) is 0 Å². The summed E-state index contributed by atoms with van der Waals surface area (Å²) < 4.78 is 12.5. The number of rotatable bonds is 5.